The Labute approximate surface area is 102 Å². The molecule has 0 aliphatic carbocycles. The average Bonchev–Trinajstić information content (AvgIpc) is 2.27. The first kappa shape index (κ1) is 13.5. The normalized spacial score (nSPS) is 10.8. The van der Waals surface area contributed by atoms with E-state index >= 15 is 0 Å². The minimum Gasteiger partial charge on any atom is -0.313 e. The highest BCUT2D eigenvalue weighted by Crippen LogP contribution is 2.16. The van der Waals surface area contributed by atoms with Gasteiger partial charge in [0.1, 0.15) is 0 Å². The summed E-state index contributed by atoms with van der Waals surface area (Å²) in [7, 11) is -3.57. The van der Waals surface area contributed by atoms with Gasteiger partial charge in [0.25, 0.3) is 0 Å². The number of para-hydroxylation sites is 1. The molecule has 0 saturated heterocycles. The van der Waals surface area contributed by atoms with Crippen LogP contribution in [-0.2, 0) is 16.6 Å². The highest BCUT2D eigenvalue weighted by molar-refractivity contribution is 7.92. The van der Waals surface area contributed by atoms with Gasteiger partial charge in [-0.15, -0.1) is 0 Å². The molecule has 0 atom stereocenters. The average molecular weight is 253 g/mol. The number of nitriles is 1. The zero-order chi connectivity index (χ0) is 12.7. The second kappa shape index (κ2) is 6.23. The van der Waals surface area contributed by atoms with Crippen LogP contribution in [0.2, 0.25) is 0 Å². The number of nitrogens with one attached hydrogen (secondary N) is 2. The van der Waals surface area contributed by atoms with E-state index in [1.165, 1.54) is 0 Å². The van der Waals surface area contributed by atoms with Gasteiger partial charge in [0.2, 0.25) is 10.0 Å². The molecule has 92 valence electrons. The van der Waals surface area contributed by atoms with Gasteiger partial charge in [0, 0.05) is 6.54 Å². The number of benzene rings is 1. The first-order valence-corrected chi connectivity index (χ1v) is 6.90. The molecule has 0 unspecified atom stereocenters. The summed E-state index contributed by atoms with van der Waals surface area (Å²) in [6, 6.07) is 8.74. The van der Waals surface area contributed by atoms with Crippen LogP contribution in [0.4, 0.5) is 5.69 Å². The highest BCUT2D eigenvalue weighted by Gasteiger charge is 2.11. The van der Waals surface area contributed by atoms with E-state index in [2.05, 4.69) is 10.0 Å². The summed E-state index contributed by atoms with van der Waals surface area (Å²) in [5, 5.41) is 11.5. The first-order chi connectivity index (χ1) is 8.09. The molecule has 6 heteroatoms. The molecule has 0 radical (unpaired) electrons. The molecule has 1 aromatic carbocycles. The van der Waals surface area contributed by atoms with Crippen LogP contribution < -0.4 is 10.0 Å². The van der Waals surface area contributed by atoms with Crippen molar-refractivity contribution >= 4 is 15.7 Å². The van der Waals surface area contributed by atoms with Gasteiger partial charge in [-0.25, -0.2) is 8.42 Å². The first-order valence-electron chi connectivity index (χ1n) is 5.25. The lowest BCUT2D eigenvalue weighted by Gasteiger charge is -2.11. The Hall–Kier alpha value is -1.58. The molecule has 2 N–H and O–H groups in total. The smallest absolute Gasteiger partial charge is 0.246 e. The zero-order valence-corrected chi connectivity index (χ0v) is 10.4. The monoisotopic (exact) mass is 253 g/mol. The van der Waals surface area contributed by atoms with E-state index < -0.39 is 15.8 Å². The van der Waals surface area contributed by atoms with Crippen LogP contribution in [0.3, 0.4) is 0 Å². The summed E-state index contributed by atoms with van der Waals surface area (Å²) < 4.78 is 25.4. The van der Waals surface area contributed by atoms with Crippen LogP contribution in [-0.4, -0.2) is 20.7 Å². The van der Waals surface area contributed by atoms with Gasteiger partial charge in [0.05, 0.1) is 11.8 Å². The van der Waals surface area contributed by atoms with Crippen LogP contribution in [0.1, 0.15) is 12.5 Å². The molecule has 1 rings (SSSR count). The van der Waals surface area contributed by atoms with E-state index in [4.69, 9.17) is 5.26 Å². The molecular formula is C11H15N3O2S. The Balaban J connectivity index is 2.87. The maximum absolute atomic E-state index is 11.5. The molecule has 17 heavy (non-hydrogen) atoms. The third-order valence-corrected chi connectivity index (χ3v) is 3.14. The van der Waals surface area contributed by atoms with Crippen molar-refractivity contribution in [2.45, 2.75) is 13.5 Å². The Morgan fingerprint density at radius 2 is 2.06 bits per heavy atom. The fourth-order valence-electron chi connectivity index (χ4n) is 1.32. The lowest BCUT2D eigenvalue weighted by molar-refractivity contribution is 0.604. The van der Waals surface area contributed by atoms with Crippen molar-refractivity contribution in [3.8, 4) is 6.07 Å². The minimum atomic E-state index is -3.57. The molecule has 5 nitrogen and oxygen atoms in total. The topological polar surface area (TPSA) is 82.0 Å². The predicted octanol–water partition coefficient (Wildman–Crippen LogP) is 1.06. The molecule has 0 bridgehead atoms. The van der Waals surface area contributed by atoms with E-state index in [1.807, 2.05) is 19.1 Å². The number of anilines is 1. The molecule has 0 amide bonds. The van der Waals surface area contributed by atoms with Gasteiger partial charge in [-0.3, -0.25) is 4.72 Å². The maximum atomic E-state index is 11.5. The van der Waals surface area contributed by atoms with Gasteiger partial charge in [0.15, 0.2) is 5.75 Å². The van der Waals surface area contributed by atoms with E-state index in [1.54, 1.807) is 18.2 Å². The Bertz CT molecular complexity index is 506. The van der Waals surface area contributed by atoms with Gasteiger partial charge >= 0.3 is 0 Å². The number of hydrogen-bond donors (Lipinski definition) is 2. The molecule has 0 aliphatic rings. The molecule has 0 heterocycles. The van der Waals surface area contributed by atoms with Crippen LogP contribution in [0.25, 0.3) is 0 Å². The van der Waals surface area contributed by atoms with Crippen molar-refractivity contribution in [2.75, 3.05) is 17.0 Å². The summed E-state index contributed by atoms with van der Waals surface area (Å²) in [5.74, 6) is -0.539. The molecule has 0 aliphatic heterocycles. The fourth-order valence-corrected chi connectivity index (χ4v) is 2.10. The Morgan fingerprint density at radius 3 is 2.71 bits per heavy atom. The molecule has 0 fully saturated rings. The van der Waals surface area contributed by atoms with Crippen LogP contribution >= 0.6 is 0 Å². The SMILES string of the molecule is CCNCc1ccccc1NS(=O)(=O)CC#N. The number of rotatable bonds is 6. The van der Waals surface area contributed by atoms with E-state index in [-0.39, 0.29) is 0 Å². The van der Waals surface area contributed by atoms with Crippen molar-refractivity contribution < 1.29 is 8.42 Å². The summed E-state index contributed by atoms with van der Waals surface area (Å²) >= 11 is 0. The molecular weight excluding hydrogens is 238 g/mol. The summed E-state index contributed by atoms with van der Waals surface area (Å²) in [5.41, 5.74) is 1.37. The number of hydrogen-bond acceptors (Lipinski definition) is 4. The third-order valence-electron chi connectivity index (χ3n) is 2.10. The van der Waals surface area contributed by atoms with E-state index in [0.29, 0.717) is 12.2 Å². The summed E-state index contributed by atoms with van der Waals surface area (Å²) in [4.78, 5) is 0. The quantitative estimate of drug-likeness (QED) is 0.794. The lowest BCUT2D eigenvalue weighted by atomic mass is 10.2. The lowest BCUT2D eigenvalue weighted by Crippen LogP contribution is -2.19. The molecule has 0 aromatic heterocycles. The fraction of sp³-hybridized carbons (Fsp3) is 0.364. The van der Waals surface area contributed by atoms with Gasteiger partial charge in [-0.05, 0) is 18.2 Å². The summed E-state index contributed by atoms with van der Waals surface area (Å²) in [6.45, 7) is 3.36. The van der Waals surface area contributed by atoms with Gasteiger partial charge in [-0.1, -0.05) is 25.1 Å². The second-order valence-corrected chi connectivity index (χ2v) is 5.18. The van der Waals surface area contributed by atoms with E-state index in [9.17, 15) is 8.42 Å². The van der Waals surface area contributed by atoms with Crippen molar-refractivity contribution in [1.82, 2.24) is 5.32 Å². The Kier molecular flexibility index (Phi) is 4.94. The number of nitrogens with zero attached hydrogens (tertiary/aromatic N) is 1. The molecule has 0 saturated carbocycles. The van der Waals surface area contributed by atoms with Crippen molar-refractivity contribution in [3.63, 3.8) is 0 Å². The molecule has 1 aromatic rings. The van der Waals surface area contributed by atoms with Crippen LogP contribution in [0.5, 0.6) is 0 Å². The zero-order valence-electron chi connectivity index (χ0n) is 9.60. The third kappa shape index (κ3) is 4.43. The van der Waals surface area contributed by atoms with E-state index in [0.717, 1.165) is 12.1 Å². The van der Waals surface area contributed by atoms with Gasteiger partial charge < -0.3 is 5.32 Å². The van der Waals surface area contributed by atoms with Crippen LogP contribution in [0, 0.1) is 11.3 Å². The Morgan fingerprint density at radius 1 is 1.35 bits per heavy atom. The minimum absolute atomic E-state index is 0.517. The standard InChI is InChI=1S/C11H15N3O2S/c1-2-13-9-10-5-3-4-6-11(10)14-17(15,16)8-7-12/h3-6,13-14H,2,8-9H2,1H3. The molecule has 0 spiro atoms. The largest absolute Gasteiger partial charge is 0.313 e. The summed E-state index contributed by atoms with van der Waals surface area (Å²) in [6.07, 6.45) is 0. The van der Waals surface area contributed by atoms with Gasteiger partial charge in [-0.2, -0.15) is 5.26 Å². The maximum Gasteiger partial charge on any atom is 0.246 e. The second-order valence-electron chi connectivity index (χ2n) is 3.46. The number of sulfonamides is 1. The highest BCUT2D eigenvalue weighted by atomic mass is 32.2. The predicted molar refractivity (Wildman–Crippen MR) is 66.8 cm³/mol. The van der Waals surface area contributed by atoms with Crippen LogP contribution in [0.15, 0.2) is 24.3 Å². The van der Waals surface area contributed by atoms with Crippen molar-refractivity contribution in [3.05, 3.63) is 29.8 Å². The van der Waals surface area contributed by atoms with Crippen molar-refractivity contribution in [1.29, 1.82) is 5.26 Å². The van der Waals surface area contributed by atoms with Crippen molar-refractivity contribution in [2.24, 2.45) is 0 Å².